The number of fused-ring (bicyclic) bond motifs is 1. The molecular formula is C14H26N2. The van der Waals surface area contributed by atoms with Crippen molar-refractivity contribution in [1.82, 2.24) is 10.2 Å². The Labute approximate surface area is 99.8 Å². The van der Waals surface area contributed by atoms with Gasteiger partial charge in [-0.15, -0.1) is 0 Å². The summed E-state index contributed by atoms with van der Waals surface area (Å²) in [6.45, 7) is 6.38. The van der Waals surface area contributed by atoms with Crippen LogP contribution in [0.15, 0.2) is 0 Å². The molecule has 0 aromatic carbocycles. The molecule has 3 fully saturated rings. The highest BCUT2D eigenvalue weighted by atomic mass is 15.2. The molecule has 0 aromatic rings. The first-order valence-corrected chi connectivity index (χ1v) is 7.36. The lowest BCUT2D eigenvalue weighted by molar-refractivity contribution is 0.118. The van der Waals surface area contributed by atoms with Crippen molar-refractivity contribution in [2.24, 2.45) is 11.8 Å². The first kappa shape index (κ1) is 11.0. The topological polar surface area (TPSA) is 15.3 Å². The highest BCUT2D eigenvalue weighted by molar-refractivity contribution is 4.97. The van der Waals surface area contributed by atoms with Gasteiger partial charge < -0.3 is 5.32 Å². The third-order valence-electron chi connectivity index (χ3n) is 5.25. The van der Waals surface area contributed by atoms with Gasteiger partial charge in [-0.2, -0.15) is 0 Å². The van der Waals surface area contributed by atoms with Gasteiger partial charge in [0.1, 0.15) is 0 Å². The quantitative estimate of drug-likeness (QED) is 0.771. The van der Waals surface area contributed by atoms with Crippen LogP contribution in [0.25, 0.3) is 0 Å². The van der Waals surface area contributed by atoms with Crippen LogP contribution in [0.2, 0.25) is 0 Å². The van der Waals surface area contributed by atoms with E-state index in [9.17, 15) is 0 Å². The molecule has 2 heterocycles. The molecule has 0 bridgehead atoms. The fourth-order valence-electron chi connectivity index (χ4n) is 4.30. The van der Waals surface area contributed by atoms with Crippen molar-refractivity contribution in [1.29, 1.82) is 0 Å². The Hall–Kier alpha value is -0.0800. The first-order valence-electron chi connectivity index (χ1n) is 7.36. The van der Waals surface area contributed by atoms with E-state index in [1.165, 1.54) is 58.2 Å². The number of hydrogen-bond donors (Lipinski definition) is 1. The molecule has 2 nitrogen and oxygen atoms in total. The van der Waals surface area contributed by atoms with Gasteiger partial charge in [-0.1, -0.05) is 26.2 Å². The Morgan fingerprint density at radius 2 is 2.00 bits per heavy atom. The van der Waals surface area contributed by atoms with E-state index in [1.54, 1.807) is 0 Å². The standard InChI is InChI=1S/C14H26N2/c1-2-11-5-3-4-6-14(11)16-9-12-7-8-15-13(12)10-16/h11-15H,2-10H2,1H3/t11?,12-,13+,14?/m0/s1. The molecule has 1 aliphatic carbocycles. The monoisotopic (exact) mass is 222 g/mol. The summed E-state index contributed by atoms with van der Waals surface area (Å²) in [6, 6.07) is 1.76. The zero-order chi connectivity index (χ0) is 11.0. The second kappa shape index (κ2) is 4.66. The first-order chi connectivity index (χ1) is 7.88. The Morgan fingerprint density at radius 1 is 1.12 bits per heavy atom. The van der Waals surface area contributed by atoms with Crippen molar-refractivity contribution in [2.75, 3.05) is 19.6 Å². The fraction of sp³-hybridized carbons (Fsp3) is 1.00. The zero-order valence-electron chi connectivity index (χ0n) is 10.6. The largest absolute Gasteiger partial charge is 0.312 e. The second-order valence-electron chi connectivity index (χ2n) is 6.08. The maximum Gasteiger partial charge on any atom is 0.0236 e. The predicted octanol–water partition coefficient (Wildman–Crippen LogP) is 2.25. The third kappa shape index (κ3) is 1.91. The lowest BCUT2D eigenvalue weighted by atomic mass is 9.82. The smallest absolute Gasteiger partial charge is 0.0236 e. The van der Waals surface area contributed by atoms with Crippen molar-refractivity contribution >= 4 is 0 Å². The summed E-state index contributed by atoms with van der Waals surface area (Å²) in [6.07, 6.45) is 8.72. The molecule has 0 radical (unpaired) electrons. The molecule has 0 spiro atoms. The van der Waals surface area contributed by atoms with Gasteiger partial charge >= 0.3 is 0 Å². The second-order valence-corrected chi connectivity index (χ2v) is 6.08. The van der Waals surface area contributed by atoms with E-state index in [4.69, 9.17) is 0 Å². The number of nitrogens with zero attached hydrogens (tertiary/aromatic N) is 1. The van der Waals surface area contributed by atoms with Gasteiger partial charge in [0.2, 0.25) is 0 Å². The molecule has 2 heteroatoms. The van der Waals surface area contributed by atoms with Crippen LogP contribution in [0.4, 0.5) is 0 Å². The van der Waals surface area contributed by atoms with Crippen LogP contribution in [0.3, 0.4) is 0 Å². The number of hydrogen-bond acceptors (Lipinski definition) is 2. The van der Waals surface area contributed by atoms with Crippen LogP contribution in [0.5, 0.6) is 0 Å². The molecule has 2 unspecified atom stereocenters. The molecule has 4 atom stereocenters. The minimum atomic E-state index is 0.833. The molecular weight excluding hydrogens is 196 g/mol. The highest BCUT2D eigenvalue weighted by Gasteiger charge is 2.40. The molecule has 0 aromatic heterocycles. The number of rotatable bonds is 2. The van der Waals surface area contributed by atoms with E-state index < -0.39 is 0 Å². The van der Waals surface area contributed by atoms with Crippen LogP contribution >= 0.6 is 0 Å². The van der Waals surface area contributed by atoms with Gasteiger partial charge in [0.15, 0.2) is 0 Å². The molecule has 2 saturated heterocycles. The van der Waals surface area contributed by atoms with Crippen molar-refractivity contribution in [2.45, 2.75) is 57.5 Å². The number of nitrogens with one attached hydrogen (secondary N) is 1. The Balaban J connectivity index is 1.64. The van der Waals surface area contributed by atoms with Crippen LogP contribution < -0.4 is 5.32 Å². The van der Waals surface area contributed by atoms with Crippen molar-refractivity contribution in [3.63, 3.8) is 0 Å². The zero-order valence-corrected chi connectivity index (χ0v) is 10.6. The predicted molar refractivity (Wildman–Crippen MR) is 67.5 cm³/mol. The van der Waals surface area contributed by atoms with E-state index >= 15 is 0 Å². The van der Waals surface area contributed by atoms with E-state index in [2.05, 4.69) is 17.1 Å². The van der Waals surface area contributed by atoms with Crippen LogP contribution in [0.1, 0.15) is 45.4 Å². The van der Waals surface area contributed by atoms with Gasteiger partial charge in [0.25, 0.3) is 0 Å². The van der Waals surface area contributed by atoms with E-state index in [0.717, 1.165) is 23.9 Å². The van der Waals surface area contributed by atoms with Crippen molar-refractivity contribution in [3.8, 4) is 0 Å². The van der Waals surface area contributed by atoms with Gasteiger partial charge in [-0.25, -0.2) is 0 Å². The molecule has 3 rings (SSSR count). The SMILES string of the molecule is CCC1CCCCC1N1C[C@@H]2CCN[C@@H]2C1. The Kier molecular flexibility index (Phi) is 3.21. The maximum absolute atomic E-state index is 3.68. The molecule has 92 valence electrons. The number of likely N-dealkylation sites (tertiary alicyclic amines) is 1. The van der Waals surface area contributed by atoms with Crippen LogP contribution in [-0.2, 0) is 0 Å². The fourth-order valence-corrected chi connectivity index (χ4v) is 4.30. The third-order valence-corrected chi connectivity index (χ3v) is 5.25. The summed E-state index contributed by atoms with van der Waals surface area (Å²) in [4.78, 5) is 2.83. The molecule has 16 heavy (non-hydrogen) atoms. The van der Waals surface area contributed by atoms with E-state index in [1.807, 2.05) is 0 Å². The van der Waals surface area contributed by atoms with Crippen molar-refractivity contribution < 1.29 is 0 Å². The summed E-state index contributed by atoms with van der Waals surface area (Å²) >= 11 is 0. The maximum atomic E-state index is 3.68. The Bertz CT molecular complexity index is 229. The summed E-state index contributed by atoms with van der Waals surface area (Å²) in [5, 5.41) is 3.68. The average molecular weight is 222 g/mol. The van der Waals surface area contributed by atoms with Gasteiger partial charge in [-0.05, 0) is 37.6 Å². The van der Waals surface area contributed by atoms with Gasteiger partial charge in [0.05, 0.1) is 0 Å². The molecule has 2 aliphatic heterocycles. The highest BCUT2D eigenvalue weighted by Crippen LogP contribution is 2.35. The molecule has 1 saturated carbocycles. The van der Waals surface area contributed by atoms with E-state index in [-0.39, 0.29) is 0 Å². The molecule has 3 aliphatic rings. The lowest BCUT2D eigenvalue weighted by Crippen LogP contribution is -2.42. The summed E-state index contributed by atoms with van der Waals surface area (Å²) < 4.78 is 0. The van der Waals surface area contributed by atoms with Crippen LogP contribution in [0, 0.1) is 11.8 Å². The molecule has 1 N–H and O–H groups in total. The summed E-state index contributed by atoms with van der Waals surface area (Å²) in [7, 11) is 0. The van der Waals surface area contributed by atoms with Gasteiger partial charge in [0, 0.05) is 25.2 Å². The van der Waals surface area contributed by atoms with Crippen molar-refractivity contribution in [3.05, 3.63) is 0 Å². The normalized spacial score (nSPS) is 44.8. The molecule has 0 amide bonds. The van der Waals surface area contributed by atoms with E-state index in [0.29, 0.717) is 0 Å². The Morgan fingerprint density at radius 3 is 2.81 bits per heavy atom. The lowest BCUT2D eigenvalue weighted by Gasteiger charge is -2.38. The summed E-state index contributed by atoms with van der Waals surface area (Å²) in [5.74, 6) is 1.96. The minimum absolute atomic E-state index is 0.833. The van der Waals surface area contributed by atoms with Crippen LogP contribution in [-0.4, -0.2) is 36.6 Å². The average Bonchev–Trinajstić information content (AvgIpc) is 2.89. The van der Waals surface area contributed by atoms with Gasteiger partial charge in [-0.3, -0.25) is 4.90 Å². The minimum Gasteiger partial charge on any atom is -0.312 e. The summed E-state index contributed by atoms with van der Waals surface area (Å²) in [5.41, 5.74) is 0.